The number of aromatic nitrogens is 2. The van der Waals surface area contributed by atoms with Crippen LogP contribution in [0.3, 0.4) is 0 Å². The molecule has 2 aromatic rings. The summed E-state index contributed by atoms with van der Waals surface area (Å²) in [5.74, 6) is 0.108. The minimum Gasteiger partial charge on any atom is -0.325 e. The zero-order chi connectivity index (χ0) is 16.2. The normalized spacial score (nSPS) is 13.4. The molecule has 5 nitrogen and oxygen atoms in total. The van der Waals surface area contributed by atoms with E-state index in [1.165, 1.54) is 11.8 Å². The lowest BCUT2D eigenvalue weighted by Gasteiger charge is -2.14. The van der Waals surface area contributed by atoms with Crippen molar-refractivity contribution in [3.8, 4) is 0 Å². The lowest BCUT2D eigenvalue weighted by Crippen LogP contribution is -2.22. The van der Waals surface area contributed by atoms with Gasteiger partial charge >= 0.3 is 0 Å². The van der Waals surface area contributed by atoms with Gasteiger partial charge in [0.2, 0.25) is 5.91 Å². The summed E-state index contributed by atoms with van der Waals surface area (Å²) in [5.41, 5.74) is 3.52. The van der Waals surface area contributed by atoms with Crippen LogP contribution >= 0.6 is 11.8 Å². The van der Waals surface area contributed by atoms with Crippen molar-refractivity contribution in [2.45, 2.75) is 37.8 Å². The summed E-state index contributed by atoms with van der Waals surface area (Å²) >= 11 is 1.26. The van der Waals surface area contributed by atoms with E-state index in [-0.39, 0.29) is 17.2 Å². The second-order valence-corrected chi connectivity index (χ2v) is 6.67. The largest absolute Gasteiger partial charge is 0.325 e. The first-order chi connectivity index (χ1) is 11.1. The number of rotatable bonds is 4. The zero-order valence-corrected chi connectivity index (χ0v) is 13.8. The highest BCUT2D eigenvalue weighted by molar-refractivity contribution is 7.99. The molecular formula is C17H19N3O2S. The number of H-pyrrole nitrogens is 1. The number of thioether (sulfide) groups is 1. The van der Waals surface area contributed by atoms with E-state index < -0.39 is 0 Å². The van der Waals surface area contributed by atoms with Crippen molar-refractivity contribution in [3.05, 3.63) is 51.4 Å². The predicted molar refractivity (Wildman–Crippen MR) is 92.0 cm³/mol. The molecule has 2 N–H and O–H groups in total. The van der Waals surface area contributed by atoms with Crippen molar-refractivity contribution >= 4 is 23.4 Å². The van der Waals surface area contributed by atoms with Crippen LogP contribution in [0.1, 0.15) is 29.7 Å². The molecule has 0 fully saturated rings. The van der Waals surface area contributed by atoms with E-state index in [9.17, 15) is 9.59 Å². The molecule has 1 aromatic heterocycles. The molecule has 6 heteroatoms. The Morgan fingerprint density at radius 2 is 2.17 bits per heavy atom. The quantitative estimate of drug-likeness (QED) is 0.668. The van der Waals surface area contributed by atoms with Crippen LogP contribution in [0.15, 0.2) is 34.2 Å². The number of nitrogens with one attached hydrogen (secondary N) is 2. The summed E-state index contributed by atoms with van der Waals surface area (Å²) in [7, 11) is 0. The molecule has 1 amide bonds. The molecule has 0 saturated carbocycles. The summed E-state index contributed by atoms with van der Waals surface area (Å²) in [6, 6.07) is 7.66. The molecule has 1 aromatic carbocycles. The van der Waals surface area contributed by atoms with Gasteiger partial charge < -0.3 is 10.3 Å². The second-order valence-electron chi connectivity index (χ2n) is 5.71. The molecule has 0 radical (unpaired) electrons. The van der Waals surface area contributed by atoms with Gasteiger partial charge in [-0.3, -0.25) is 9.59 Å². The Morgan fingerprint density at radius 3 is 3.00 bits per heavy atom. The molecule has 0 saturated heterocycles. The topological polar surface area (TPSA) is 74.8 Å². The van der Waals surface area contributed by atoms with Crippen LogP contribution in [0.5, 0.6) is 0 Å². The first-order valence-corrected chi connectivity index (χ1v) is 8.72. The van der Waals surface area contributed by atoms with E-state index in [1.807, 2.05) is 31.2 Å². The van der Waals surface area contributed by atoms with Gasteiger partial charge in [0.15, 0.2) is 5.16 Å². The molecule has 23 heavy (non-hydrogen) atoms. The minimum absolute atomic E-state index is 0.0590. The van der Waals surface area contributed by atoms with Crippen LogP contribution in [-0.4, -0.2) is 21.6 Å². The Morgan fingerprint density at radius 1 is 1.35 bits per heavy atom. The van der Waals surface area contributed by atoms with Gasteiger partial charge in [-0.15, -0.1) is 0 Å². The minimum atomic E-state index is -0.110. The van der Waals surface area contributed by atoms with Gasteiger partial charge in [0.1, 0.15) is 0 Å². The van der Waals surface area contributed by atoms with Gasteiger partial charge in [-0.2, -0.15) is 0 Å². The third-order valence-electron chi connectivity index (χ3n) is 3.81. The number of hydrogen-bond acceptors (Lipinski definition) is 4. The Bertz CT molecular complexity index is 786. The maximum absolute atomic E-state index is 12.0. The van der Waals surface area contributed by atoms with Crippen LogP contribution in [0.2, 0.25) is 0 Å². The number of anilines is 1. The molecule has 0 aliphatic heterocycles. The van der Waals surface area contributed by atoms with Gasteiger partial charge in [-0.1, -0.05) is 23.9 Å². The Labute approximate surface area is 138 Å². The van der Waals surface area contributed by atoms with Crippen molar-refractivity contribution in [2.75, 3.05) is 11.1 Å². The van der Waals surface area contributed by atoms with E-state index in [2.05, 4.69) is 15.3 Å². The monoisotopic (exact) mass is 329 g/mol. The summed E-state index contributed by atoms with van der Waals surface area (Å²) in [4.78, 5) is 31.3. The summed E-state index contributed by atoms with van der Waals surface area (Å²) in [6.45, 7) is 1.98. The molecule has 1 aliphatic rings. The number of amides is 1. The number of fused-ring (bicyclic) bond motifs is 1. The van der Waals surface area contributed by atoms with Crippen LogP contribution in [0.4, 0.5) is 5.69 Å². The van der Waals surface area contributed by atoms with Crippen molar-refractivity contribution in [3.63, 3.8) is 0 Å². The number of carbonyl (C=O) groups excluding carboxylic acids is 1. The predicted octanol–water partition coefficient (Wildman–Crippen LogP) is 2.69. The lowest BCUT2D eigenvalue weighted by molar-refractivity contribution is -0.113. The smallest absolute Gasteiger partial charge is 0.254 e. The van der Waals surface area contributed by atoms with Crippen molar-refractivity contribution < 1.29 is 4.79 Å². The number of aryl methyl sites for hydroxylation is 2. The van der Waals surface area contributed by atoms with Gasteiger partial charge in [0.25, 0.3) is 5.56 Å². The fraction of sp³-hybridized carbons (Fsp3) is 0.353. The molecule has 1 aliphatic carbocycles. The molecule has 0 unspecified atom stereocenters. The van der Waals surface area contributed by atoms with Crippen LogP contribution in [0, 0.1) is 6.92 Å². The van der Waals surface area contributed by atoms with Gasteiger partial charge in [0, 0.05) is 11.3 Å². The van der Waals surface area contributed by atoms with E-state index in [1.54, 1.807) is 0 Å². The standard InChI is InChI=1S/C17H19N3O2S/c1-11-5-4-6-12(9-11)18-15(21)10-23-17-19-14-8-3-2-7-13(14)16(22)20-17/h4-6,9H,2-3,7-8,10H2,1H3,(H,18,21)(H,19,20,22). The van der Waals surface area contributed by atoms with Gasteiger partial charge in [-0.25, -0.2) is 4.98 Å². The van der Waals surface area contributed by atoms with Crippen molar-refractivity contribution in [2.24, 2.45) is 0 Å². The fourth-order valence-corrected chi connectivity index (χ4v) is 3.38. The fourth-order valence-electron chi connectivity index (χ4n) is 2.70. The first kappa shape index (κ1) is 15.8. The number of aromatic amines is 1. The average Bonchev–Trinajstić information content (AvgIpc) is 2.53. The van der Waals surface area contributed by atoms with E-state index in [4.69, 9.17) is 0 Å². The third kappa shape index (κ3) is 4.01. The molecule has 0 atom stereocenters. The maximum Gasteiger partial charge on any atom is 0.254 e. The highest BCUT2D eigenvalue weighted by Crippen LogP contribution is 2.19. The maximum atomic E-state index is 12.0. The molecule has 1 heterocycles. The van der Waals surface area contributed by atoms with Crippen LogP contribution in [-0.2, 0) is 17.6 Å². The van der Waals surface area contributed by atoms with E-state index >= 15 is 0 Å². The van der Waals surface area contributed by atoms with Crippen molar-refractivity contribution in [1.82, 2.24) is 9.97 Å². The van der Waals surface area contributed by atoms with Gasteiger partial charge in [-0.05, 0) is 50.3 Å². The third-order valence-corrected chi connectivity index (χ3v) is 4.68. The van der Waals surface area contributed by atoms with Crippen LogP contribution in [0.25, 0.3) is 0 Å². The summed E-state index contributed by atoms with van der Waals surface area (Å²) < 4.78 is 0. The first-order valence-electron chi connectivity index (χ1n) is 7.73. The molecule has 0 spiro atoms. The number of benzene rings is 1. The van der Waals surface area contributed by atoms with Crippen molar-refractivity contribution in [1.29, 1.82) is 0 Å². The number of carbonyl (C=O) groups is 1. The Balaban J connectivity index is 1.63. The molecular weight excluding hydrogens is 310 g/mol. The highest BCUT2D eigenvalue weighted by Gasteiger charge is 2.16. The average molecular weight is 329 g/mol. The summed E-state index contributed by atoms with van der Waals surface area (Å²) in [6.07, 6.45) is 3.77. The Hall–Kier alpha value is -2.08. The number of nitrogens with zero attached hydrogens (tertiary/aromatic N) is 1. The zero-order valence-electron chi connectivity index (χ0n) is 13.0. The van der Waals surface area contributed by atoms with E-state index in [0.717, 1.165) is 48.2 Å². The molecule has 0 bridgehead atoms. The van der Waals surface area contributed by atoms with Gasteiger partial charge in [0.05, 0.1) is 11.4 Å². The van der Waals surface area contributed by atoms with E-state index in [0.29, 0.717) is 5.16 Å². The molecule has 3 rings (SSSR count). The SMILES string of the molecule is Cc1cccc(NC(=O)CSc2nc3c(c(=O)[nH]2)CCCC3)c1. The lowest BCUT2D eigenvalue weighted by atomic mass is 9.97. The number of hydrogen-bond donors (Lipinski definition) is 2. The molecule has 120 valence electrons. The second kappa shape index (κ2) is 7.00. The van der Waals surface area contributed by atoms with Crippen LogP contribution < -0.4 is 10.9 Å². The highest BCUT2D eigenvalue weighted by atomic mass is 32.2. The Kier molecular flexibility index (Phi) is 4.81. The summed E-state index contributed by atoms with van der Waals surface area (Å²) in [5, 5.41) is 3.37.